The van der Waals surface area contributed by atoms with Gasteiger partial charge in [-0.25, -0.2) is 4.98 Å². The third-order valence-corrected chi connectivity index (χ3v) is 5.79. The lowest BCUT2D eigenvalue weighted by molar-refractivity contribution is 0.0983. The van der Waals surface area contributed by atoms with Gasteiger partial charge in [-0.3, -0.25) is 19.6 Å². The summed E-state index contributed by atoms with van der Waals surface area (Å²) < 4.78 is 1.31. The van der Waals surface area contributed by atoms with Crippen LogP contribution >= 0.6 is 0 Å². The fourth-order valence-corrected chi connectivity index (χ4v) is 3.77. The maximum absolute atomic E-state index is 13.5. The molecule has 1 N–H and O–H groups in total. The van der Waals surface area contributed by atoms with Crippen molar-refractivity contribution >= 4 is 17.6 Å². The van der Waals surface area contributed by atoms with Crippen molar-refractivity contribution in [1.82, 2.24) is 19.6 Å². The summed E-state index contributed by atoms with van der Waals surface area (Å²) in [7, 11) is 0. The number of anilines is 1. The van der Waals surface area contributed by atoms with Gasteiger partial charge in [0, 0.05) is 11.1 Å². The van der Waals surface area contributed by atoms with Gasteiger partial charge in [0.05, 0.1) is 23.9 Å². The van der Waals surface area contributed by atoms with Gasteiger partial charge >= 0.3 is 0 Å². The van der Waals surface area contributed by atoms with E-state index in [-0.39, 0.29) is 29.7 Å². The van der Waals surface area contributed by atoms with Gasteiger partial charge in [0.25, 0.3) is 17.2 Å². The number of fused-ring (bicyclic) bond motifs is 1. The Morgan fingerprint density at radius 1 is 1.09 bits per heavy atom. The van der Waals surface area contributed by atoms with Crippen LogP contribution < -0.4 is 10.5 Å². The van der Waals surface area contributed by atoms with Crippen LogP contribution in [0.25, 0.3) is 5.78 Å². The molecule has 172 valence electrons. The predicted octanol–water partition coefficient (Wildman–Crippen LogP) is 4.10. The first-order valence-electron chi connectivity index (χ1n) is 11.3. The van der Waals surface area contributed by atoms with Gasteiger partial charge in [-0.15, -0.1) is 0 Å². The van der Waals surface area contributed by atoms with E-state index in [1.54, 1.807) is 36.4 Å². The number of aromatic nitrogens is 4. The van der Waals surface area contributed by atoms with Gasteiger partial charge in [0.2, 0.25) is 5.95 Å². The van der Waals surface area contributed by atoms with Crippen molar-refractivity contribution in [2.24, 2.45) is 0 Å². The van der Waals surface area contributed by atoms with Crippen molar-refractivity contribution in [3.63, 3.8) is 0 Å². The molecular formula is C26H26N6O2. The molecule has 0 radical (unpaired) electrons. The largest absolute Gasteiger partial charge is 0.277 e. The summed E-state index contributed by atoms with van der Waals surface area (Å²) in [6.07, 6.45) is 2.50. The molecule has 0 unspecified atom stereocenters. The Kier molecular flexibility index (Phi) is 6.55. The predicted molar refractivity (Wildman–Crippen MR) is 130 cm³/mol. The third-order valence-electron chi connectivity index (χ3n) is 5.79. The van der Waals surface area contributed by atoms with Crippen LogP contribution in [0.2, 0.25) is 0 Å². The van der Waals surface area contributed by atoms with Crippen LogP contribution in [-0.2, 0) is 13.0 Å². The number of aromatic amines is 1. The summed E-state index contributed by atoms with van der Waals surface area (Å²) in [5, 5.41) is 12.1. The van der Waals surface area contributed by atoms with Crippen molar-refractivity contribution in [2.75, 3.05) is 4.90 Å². The van der Waals surface area contributed by atoms with Gasteiger partial charge in [-0.05, 0) is 56.5 Å². The van der Waals surface area contributed by atoms with Crippen LogP contribution in [0.3, 0.4) is 0 Å². The van der Waals surface area contributed by atoms with E-state index in [1.165, 1.54) is 9.42 Å². The number of carbonyl (C=O) groups excluding carboxylic acids is 1. The molecule has 0 aliphatic heterocycles. The highest BCUT2D eigenvalue weighted by molar-refractivity contribution is 6.05. The van der Waals surface area contributed by atoms with E-state index in [1.807, 2.05) is 26.0 Å². The van der Waals surface area contributed by atoms with Crippen LogP contribution in [0.5, 0.6) is 0 Å². The highest BCUT2D eigenvalue weighted by Gasteiger charge is 2.23. The average molecular weight is 455 g/mol. The fraction of sp³-hybridized carbons (Fsp3) is 0.269. The summed E-state index contributed by atoms with van der Waals surface area (Å²) in [6.45, 7) is 6.05. The molecule has 0 spiro atoms. The molecule has 2 heterocycles. The number of nitrogens with one attached hydrogen (secondary N) is 1. The lowest BCUT2D eigenvalue weighted by Crippen LogP contribution is -2.31. The van der Waals surface area contributed by atoms with E-state index in [4.69, 9.17) is 5.26 Å². The Morgan fingerprint density at radius 2 is 1.79 bits per heavy atom. The van der Waals surface area contributed by atoms with Crippen LogP contribution in [0.15, 0.2) is 53.3 Å². The number of carbonyl (C=O) groups is 1. The zero-order valence-corrected chi connectivity index (χ0v) is 19.5. The number of benzene rings is 2. The average Bonchev–Trinajstić information content (AvgIpc) is 3.26. The summed E-state index contributed by atoms with van der Waals surface area (Å²) in [5.74, 6) is 0.185. The molecule has 34 heavy (non-hydrogen) atoms. The lowest BCUT2D eigenvalue weighted by atomic mass is 10.1. The first-order chi connectivity index (χ1) is 16.4. The normalized spacial score (nSPS) is 10.9. The van der Waals surface area contributed by atoms with Crippen molar-refractivity contribution in [1.29, 1.82) is 5.26 Å². The summed E-state index contributed by atoms with van der Waals surface area (Å²) in [4.78, 5) is 37.1. The number of hydrogen-bond acceptors (Lipinski definition) is 5. The topological polar surface area (TPSA) is 107 Å². The second-order valence-electron chi connectivity index (χ2n) is 8.33. The van der Waals surface area contributed by atoms with E-state index >= 15 is 0 Å². The lowest BCUT2D eigenvalue weighted by Gasteiger charge is -2.20. The second kappa shape index (κ2) is 9.71. The monoisotopic (exact) mass is 454 g/mol. The van der Waals surface area contributed by atoms with Crippen molar-refractivity contribution in [3.05, 3.63) is 92.4 Å². The zero-order chi connectivity index (χ0) is 24.2. The minimum absolute atomic E-state index is 0.198. The highest BCUT2D eigenvalue weighted by atomic mass is 16.2. The molecule has 0 aliphatic carbocycles. The first kappa shape index (κ1) is 22.9. The highest BCUT2D eigenvalue weighted by Crippen LogP contribution is 2.19. The van der Waals surface area contributed by atoms with Crippen molar-refractivity contribution < 1.29 is 4.79 Å². The third kappa shape index (κ3) is 4.59. The Balaban J connectivity index is 1.79. The first-order valence-corrected chi connectivity index (χ1v) is 11.3. The molecule has 0 atom stereocenters. The Labute approximate surface area is 197 Å². The minimum Gasteiger partial charge on any atom is -0.272 e. The number of rotatable bonds is 7. The maximum Gasteiger partial charge on any atom is 0.277 e. The quantitative estimate of drug-likeness (QED) is 0.452. The van der Waals surface area contributed by atoms with Crippen LogP contribution in [0.4, 0.5) is 5.95 Å². The van der Waals surface area contributed by atoms with E-state index in [2.05, 4.69) is 28.1 Å². The Hall–Kier alpha value is -4.25. The summed E-state index contributed by atoms with van der Waals surface area (Å²) in [5.41, 5.74) is 4.01. The van der Waals surface area contributed by atoms with Gasteiger partial charge in [0.15, 0.2) is 0 Å². The molecule has 0 aliphatic rings. The molecule has 0 bridgehead atoms. The Morgan fingerprint density at radius 3 is 2.44 bits per heavy atom. The molecule has 0 saturated heterocycles. The number of nitrogens with zero attached hydrogens (tertiary/aromatic N) is 5. The van der Waals surface area contributed by atoms with Gasteiger partial charge in [-0.2, -0.15) is 14.8 Å². The molecule has 4 aromatic rings. The number of hydrogen-bond donors (Lipinski definition) is 1. The molecule has 1 amide bonds. The second-order valence-corrected chi connectivity index (χ2v) is 8.33. The molecule has 8 heteroatoms. The minimum atomic E-state index is -0.264. The standard InChI is InChI=1S/C26H26N6O2/c1-4-5-6-22-18(3)28-25-29-26(30-32(25)24(22)34)31(16-20-11-9-19(15-27)10-12-20)23(33)21-13-7-17(2)8-14-21/h7-14H,4-6,16H2,1-3H3,(H,28,29,30). The molecule has 4 rings (SSSR count). The molecule has 0 saturated carbocycles. The van der Waals surface area contributed by atoms with Gasteiger partial charge in [-0.1, -0.05) is 43.2 Å². The van der Waals surface area contributed by atoms with E-state index in [0.29, 0.717) is 28.8 Å². The summed E-state index contributed by atoms with van der Waals surface area (Å²) in [6, 6.07) is 16.4. The SMILES string of the molecule is CCCCc1c(C)nc2nc(N(Cc3ccc(C#N)cc3)C(=O)c3ccc(C)cc3)[nH]n2c1=O. The molecule has 2 aromatic carbocycles. The smallest absolute Gasteiger partial charge is 0.272 e. The zero-order valence-electron chi connectivity index (χ0n) is 19.5. The van der Waals surface area contributed by atoms with Crippen LogP contribution in [-0.4, -0.2) is 25.5 Å². The molecule has 8 nitrogen and oxygen atoms in total. The van der Waals surface area contributed by atoms with Gasteiger partial charge < -0.3 is 0 Å². The van der Waals surface area contributed by atoms with E-state index < -0.39 is 0 Å². The molecule has 0 fully saturated rings. The summed E-state index contributed by atoms with van der Waals surface area (Å²) >= 11 is 0. The number of nitriles is 1. The van der Waals surface area contributed by atoms with Crippen LogP contribution in [0.1, 0.15) is 58.1 Å². The van der Waals surface area contributed by atoms with Crippen molar-refractivity contribution in [3.8, 4) is 6.07 Å². The van der Waals surface area contributed by atoms with E-state index in [9.17, 15) is 9.59 Å². The van der Waals surface area contributed by atoms with Gasteiger partial charge in [0.1, 0.15) is 0 Å². The molecule has 2 aromatic heterocycles. The number of amides is 1. The number of H-pyrrole nitrogens is 1. The fourth-order valence-electron chi connectivity index (χ4n) is 3.77. The number of aryl methyl sites for hydroxylation is 2. The van der Waals surface area contributed by atoms with E-state index in [0.717, 1.165) is 24.0 Å². The Bertz CT molecular complexity index is 1430. The van der Waals surface area contributed by atoms with Crippen molar-refractivity contribution in [2.45, 2.75) is 46.6 Å². The number of unbranched alkanes of at least 4 members (excludes halogenated alkanes) is 1. The molecular weight excluding hydrogens is 428 g/mol. The maximum atomic E-state index is 13.5. The van der Waals surface area contributed by atoms with Crippen LogP contribution in [0, 0.1) is 25.2 Å².